The number of nitriles is 1. The second-order valence-electron chi connectivity index (χ2n) is 6.99. The predicted octanol–water partition coefficient (Wildman–Crippen LogP) is 1.90. The lowest BCUT2D eigenvalue weighted by Crippen LogP contribution is -2.54. The number of aliphatic hydroxyl groups is 1. The van der Waals surface area contributed by atoms with Crippen LogP contribution in [0.1, 0.15) is 43.5 Å². The fourth-order valence-corrected chi connectivity index (χ4v) is 3.37. The molecule has 0 saturated carbocycles. The number of hydrogen-bond acceptors (Lipinski definition) is 6. The van der Waals surface area contributed by atoms with Gasteiger partial charge in [-0.05, 0) is 43.7 Å². The van der Waals surface area contributed by atoms with Crippen molar-refractivity contribution in [2.75, 3.05) is 0 Å². The van der Waals surface area contributed by atoms with Gasteiger partial charge < -0.3 is 19.1 Å². The Kier molecular flexibility index (Phi) is 4.77. The molecule has 0 radical (unpaired) electrons. The van der Waals surface area contributed by atoms with Gasteiger partial charge in [0, 0.05) is 24.8 Å². The van der Waals surface area contributed by atoms with Crippen molar-refractivity contribution in [3.8, 4) is 11.8 Å². The summed E-state index contributed by atoms with van der Waals surface area (Å²) in [6.45, 7) is 4.60. The minimum absolute atomic E-state index is 0.240. The molecule has 2 atom stereocenters. The van der Waals surface area contributed by atoms with E-state index >= 15 is 0 Å². The zero-order chi connectivity index (χ0) is 19.8. The number of ether oxygens (including phenoxy) is 2. The Morgan fingerprint density at radius 2 is 2.11 bits per heavy atom. The molecular formula is C20H20N2O5. The summed E-state index contributed by atoms with van der Waals surface area (Å²) in [5.74, 6) is 0.00151. The Morgan fingerprint density at radius 1 is 1.37 bits per heavy atom. The van der Waals surface area contributed by atoms with Gasteiger partial charge >= 0.3 is 5.97 Å². The van der Waals surface area contributed by atoms with Crippen molar-refractivity contribution in [3.63, 3.8) is 0 Å². The first-order valence-electron chi connectivity index (χ1n) is 8.49. The summed E-state index contributed by atoms with van der Waals surface area (Å²) in [6, 6.07) is 9.19. The van der Waals surface area contributed by atoms with E-state index in [-0.39, 0.29) is 12.2 Å². The Bertz CT molecular complexity index is 987. The minimum Gasteiger partial charge on any atom is -0.484 e. The van der Waals surface area contributed by atoms with Gasteiger partial charge in [0.1, 0.15) is 17.4 Å². The average molecular weight is 368 g/mol. The topological polar surface area (TPSA) is 102 Å². The highest BCUT2D eigenvalue weighted by Gasteiger charge is 2.47. The third kappa shape index (κ3) is 3.44. The lowest BCUT2D eigenvalue weighted by molar-refractivity contribution is -0.163. The predicted molar refractivity (Wildman–Crippen MR) is 96.2 cm³/mol. The fraction of sp³-hybridized carbons (Fsp3) is 0.350. The number of rotatable bonds is 3. The number of fused-ring (bicyclic) bond motifs is 1. The van der Waals surface area contributed by atoms with Crippen molar-refractivity contribution < 1.29 is 19.4 Å². The van der Waals surface area contributed by atoms with E-state index in [1.807, 2.05) is 0 Å². The normalized spacial score (nSPS) is 20.1. The molecule has 2 heterocycles. The first-order valence-corrected chi connectivity index (χ1v) is 8.49. The van der Waals surface area contributed by atoms with Crippen molar-refractivity contribution in [1.82, 2.24) is 4.57 Å². The zero-order valence-electron chi connectivity index (χ0n) is 15.3. The Balaban J connectivity index is 2.30. The number of nitrogens with zero attached hydrogens (tertiary/aromatic N) is 2. The fourth-order valence-electron chi connectivity index (χ4n) is 3.37. The molecule has 0 bridgehead atoms. The molecule has 1 aliphatic heterocycles. The summed E-state index contributed by atoms with van der Waals surface area (Å²) in [5.41, 5.74) is 0.261. The van der Waals surface area contributed by atoms with Crippen LogP contribution in [0.2, 0.25) is 0 Å². The number of aromatic nitrogens is 1. The standard InChI is InChI=1S/C20H20N2O5/c1-12(24)26-19-18(22-10-14(11-23)5-7-17(22)25)15-8-13(9-21)4-6-16(15)27-20(19,2)3/h4-8,10,18-19,23H,11H2,1-3H3. The van der Waals surface area contributed by atoms with Crippen LogP contribution in [0.4, 0.5) is 0 Å². The molecule has 0 amide bonds. The van der Waals surface area contributed by atoms with E-state index in [1.165, 1.54) is 29.8 Å². The van der Waals surface area contributed by atoms with E-state index in [2.05, 4.69) is 6.07 Å². The highest BCUT2D eigenvalue weighted by atomic mass is 16.6. The van der Waals surface area contributed by atoms with E-state index in [1.54, 1.807) is 32.0 Å². The summed E-state index contributed by atoms with van der Waals surface area (Å²) in [6.07, 6.45) is 0.719. The van der Waals surface area contributed by atoms with Crippen LogP contribution in [0, 0.1) is 11.3 Å². The smallest absolute Gasteiger partial charge is 0.303 e. The number of hydrogen-bond donors (Lipinski definition) is 1. The van der Waals surface area contributed by atoms with Gasteiger partial charge in [-0.3, -0.25) is 9.59 Å². The molecule has 0 saturated heterocycles. The third-order valence-corrected chi connectivity index (χ3v) is 4.58. The summed E-state index contributed by atoms with van der Waals surface area (Å²) in [7, 11) is 0. The van der Waals surface area contributed by atoms with Crippen LogP contribution in [0.3, 0.4) is 0 Å². The van der Waals surface area contributed by atoms with Gasteiger partial charge in [0.05, 0.1) is 18.2 Å². The second kappa shape index (κ2) is 6.89. The van der Waals surface area contributed by atoms with Gasteiger partial charge in [-0.2, -0.15) is 5.26 Å². The zero-order valence-corrected chi connectivity index (χ0v) is 15.3. The Morgan fingerprint density at radius 3 is 2.74 bits per heavy atom. The number of benzene rings is 1. The van der Waals surface area contributed by atoms with Crippen molar-refractivity contribution in [3.05, 3.63) is 63.6 Å². The van der Waals surface area contributed by atoms with Gasteiger partial charge in [0.15, 0.2) is 6.10 Å². The quantitative estimate of drug-likeness (QED) is 0.831. The van der Waals surface area contributed by atoms with Crippen molar-refractivity contribution in [2.24, 2.45) is 0 Å². The first kappa shape index (κ1) is 18.7. The Hall–Kier alpha value is -3.11. The molecule has 1 aliphatic rings. The largest absolute Gasteiger partial charge is 0.484 e. The average Bonchev–Trinajstić information content (AvgIpc) is 2.62. The number of esters is 1. The van der Waals surface area contributed by atoms with Crippen molar-refractivity contribution >= 4 is 5.97 Å². The van der Waals surface area contributed by atoms with Crippen molar-refractivity contribution in [2.45, 2.75) is 45.1 Å². The number of aliphatic hydroxyl groups excluding tert-OH is 1. The van der Waals surface area contributed by atoms with Crippen LogP contribution in [-0.4, -0.2) is 27.3 Å². The molecule has 7 heteroatoms. The Labute approximate surface area is 156 Å². The first-order chi connectivity index (χ1) is 12.8. The molecule has 1 aromatic heterocycles. The molecule has 2 aromatic rings. The molecule has 1 aromatic carbocycles. The van der Waals surface area contributed by atoms with Crippen LogP contribution in [0.15, 0.2) is 41.3 Å². The molecule has 1 N–H and O–H groups in total. The van der Waals surface area contributed by atoms with E-state index < -0.39 is 23.7 Å². The third-order valence-electron chi connectivity index (χ3n) is 4.58. The van der Waals surface area contributed by atoms with Crippen LogP contribution in [0.5, 0.6) is 5.75 Å². The van der Waals surface area contributed by atoms with Gasteiger partial charge in [0.2, 0.25) is 0 Å². The van der Waals surface area contributed by atoms with E-state index in [0.717, 1.165) is 0 Å². The number of carbonyl (C=O) groups is 1. The summed E-state index contributed by atoms with van der Waals surface area (Å²) in [5, 5.41) is 18.7. The molecule has 2 unspecified atom stereocenters. The van der Waals surface area contributed by atoms with Gasteiger partial charge in [-0.1, -0.05) is 0 Å². The van der Waals surface area contributed by atoms with Gasteiger partial charge in [0.25, 0.3) is 5.56 Å². The number of pyridine rings is 1. The monoisotopic (exact) mass is 368 g/mol. The SMILES string of the molecule is CC(=O)OC1C(n2cc(CO)ccc2=O)c2cc(C#N)ccc2OC1(C)C. The maximum absolute atomic E-state index is 12.6. The van der Waals surface area contributed by atoms with Crippen LogP contribution < -0.4 is 10.3 Å². The number of carbonyl (C=O) groups excluding carboxylic acids is 1. The molecular weight excluding hydrogens is 348 g/mol. The summed E-state index contributed by atoms with van der Waals surface area (Å²) >= 11 is 0. The maximum Gasteiger partial charge on any atom is 0.303 e. The van der Waals surface area contributed by atoms with E-state index in [4.69, 9.17) is 9.47 Å². The molecule has 140 valence electrons. The molecule has 7 nitrogen and oxygen atoms in total. The lowest BCUT2D eigenvalue weighted by atomic mass is 9.85. The highest BCUT2D eigenvalue weighted by molar-refractivity contribution is 5.66. The molecule has 0 fully saturated rings. The van der Waals surface area contributed by atoms with Crippen molar-refractivity contribution in [1.29, 1.82) is 5.26 Å². The van der Waals surface area contributed by atoms with E-state index in [9.17, 15) is 20.0 Å². The molecule has 0 spiro atoms. The summed E-state index contributed by atoms with van der Waals surface area (Å²) < 4.78 is 13.0. The molecule has 0 aliphatic carbocycles. The molecule has 27 heavy (non-hydrogen) atoms. The van der Waals surface area contributed by atoms with Gasteiger partial charge in [-0.15, -0.1) is 0 Å². The van der Waals surface area contributed by atoms with Crippen LogP contribution in [0.25, 0.3) is 0 Å². The van der Waals surface area contributed by atoms with E-state index in [0.29, 0.717) is 22.4 Å². The molecule has 3 rings (SSSR count). The lowest BCUT2D eigenvalue weighted by Gasteiger charge is -2.44. The van der Waals surface area contributed by atoms with Crippen LogP contribution in [-0.2, 0) is 16.1 Å². The maximum atomic E-state index is 12.6. The summed E-state index contributed by atoms with van der Waals surface area (Å²) in [4.78, 5) is 24.4. The highest BCUT2D eigenvalue weighted by Crippen LogP contribution is 2.43. The van der Waals surface area contributed by atoms with Gasteiger partial charge in [-0.25, -0.2) is 0 Å². The van der Waals surface area contributed by atoms with Crippen LogP contribution >= 0.6 is 0 Å². The minimum atomic E-state index is -0.924. The second-order valence-corrected chi connectivity index (χ2v) is 6.99.